The van der Waals surface area contributed by atoms with E-state index in [1.807, 2.05) is 25.1 Å². The van der Waals surface area contributed by atoms with E-state index in [4.69, 9.17) is 5.73 Å². The zero-order valence-corrected chi connectivity index (χ0v) is 9.21. The predicted octanol–water partition coefficient (Wildman–Crippen LogP) is 1.01. The molecule has 2 aromatic rings. The molecule has 1 heterocycles. The number of nitrogens with one attached hydrogen (secondary N) is 3. The van der Waals surface area contributed by atoms with Gasteiger partial charge in [-0.1, -0.05) is 0 Å². The Bertz CT molecular complexity index is 526. The van der Waals surface area contributed by atoms with Gasteiger partial charge in [-0.3, -0.25) is 0 Å². The van der Waals surface area contributed by atoms with Gasteiger partial charge in [0.1, 0.15) is 0 Å². The van der Waals surface area contributed by atoms with Crippen molar-refractivity contribution in [2.75, 3.05) is 11.9 Å². The van der Waals surface area contributed by atoms with E-state index in [0.29, 0.717) is 0 Å². The minimum atomic E-state index is -0.178. The Balaban J connectivity index is 2.10. The van der Waals surface area contributed by atoms with E-state index in [1.54, 1.807) is 0 Å². The number of H-pyrrole nitrogens is 2. The highest BCUT2D eigenvalue weighted by atomic mass is 16.1. The number of fused-ring (bicyclic) bond motifs is 1. The number of hydrogen-bond acceptors (Lipinski definition) is 3. The molecule has 1 atom stereocenters. The number of imidazole rings is 1. The largest absolute Gasteiger partial charge is 0.385 e. The normalized spacial score (nSPS) is 12.9. The Morgan fingerprint density at radius 1 is 1.38 bits per heavy atom. The van der Waals surface area contributed by atoms with E-state index in [9.17, 15) is 4.79 Å². The van der Waals surface area contributed by atoms with Crippen LogP contribution in [0.25, 0.3) is 11.0 Å². The molecule has 0 spiro atoms. The van der Waals surface area contributed by atoms with Crippen LogP contribution in [0.1, 0.15) is 13.3 Å². The van der Waals surface area contributed by atoms with Crippen LogP contribution >= 0.6 is 0 Å². The van der Waals surface area contributed by atoms with Crippen LogP contribution in [0.4, 0.5) is 5.69 Å². The smallest absolute Gasteiger partial charge is 0.323 e. The Hall–Kier alpha value is -1.75. The van der Waals surface area contributed by atoms with Crippen molar-refractivity contribution in [2.45, 2.75) is 19.4 Å². The Labute approximate surface area is 93.1 Å². The van der Waals surface area contributed by atoms with Crippen LogP contribution in [-0.4, -0.2) is 22.6 Å². The van der Waals surface area contributed by atoms with Crippen molar-refractivity contribution in [3.05, 3.63) is 28.7 Å². The van der Waals surface area contributed by atoms with E-state index in [1.165, 1.54) is 0 Å². The molecule has 2 rings (SSSR count). The molecule has 5 heteroatoms. The number of aromatic nitrogens is 2. The van der Waals surface area contributed by atoms with Crippen LogP contribution in [0.3, 0.4) is 0 Å². The molecule has 0 radical (unpaired) electrons. The van der Waals surface area contributed by atoms with Crippen molar-refractivity contribution >= 4 is 16.7 Å². The second-order valence-electron chi connectivity index (χ2n) is 4.03. The Kier molecular flexibility index (Phi) is 2.96. The van der Waals surface area contributed by atoms with Crippen LogP contribution in [0.5, 0.6) is 0 Å². The minimum Gasteiger partial charge on any atom is -0.385 e. The summed E-state index contributed by atoms with van der Waals surface area (Å²) >= 11 is 0. The molecule has 5 nitrogen and oxygen atoms in total. The number of nitrogens with two attached hydrogens (primary N) is 1. The lowest BCUT2D eigenvalue weighted by atomic mass is 10.2. The summed E-state index contributed by atoms with van der Waals surface area (Å²) in [7, 11) is 0. The maximum Gasteiger partial charge on any atom is 0.323 e. The van der Waals surface area contributed by atoms with Crippen LogP contribution in [0, 0.1) is 0 Å². The minimum absolute atomic E-state index is 0.178. The predicted molar refractivity (Wildman–Crippen MR) is 65.7 cm³/mol. The van der Waals surface area contributed by atoms with Crippen molar-refractivity contribution in [2.24, 2.45) is 5.73 Å². The molecule has 0 aliphatic rings. The summed E-state index contributed by atoms with van der Waals surface area (Å²) in [6.07, 6.45) is 0.918. The molecule has 0 saturated carbocycles. The highest BCUT2D eigenvalue weighted by Gasteiger charge is 1.99. The van der Waals surface area contributed by atoms with Crippen LogP contribution < -0.4 is 16.7 Å². The van der Waals surface area contributed by atoms with Gasteiger partial charge in [0.2, 0.25) is 0 Å². The maximum atomic E-state index is 11.1. The van der Waals surface area contributed by atoms with E-state index >= 15 is 0 Å². The first-order valence-corrected chi connectivity index (χ1v) is 5.36. The number of rotatable bonds is 4. The summed E-state index contributed by atoms with van der Waals surface area (Å²) in [6.45, 7) is 2.81. The van der Waals surface area contributed by atoms with Gasteiger partial charge in [0, 0.05) is 18.3 Å². The van der Waals surface area contributed by atoms with E-state index < -0.39 is 0 Å². The lowest BCUT2D eigenvalue weighted by molar-refractivity contribution is 0.690. The van der Waals surface area contributed by atoms with E-state index in [2.05, 4.69) is 15.3 Å². The van der Waals surface area contributed by atoms with Gasteiger partial charge in [0.25, 0.3) is 0 Å². The first-order chi connectivity index (χ1) is 7.65. The fourth-order valence-electron chi connectivity index (χ4n) is 1.59. The van der Waals surface area contributed by atoms with Crippen LogP contribution in [0.15, 0.2) is 23.0 Å². The zero-order chi connectivity index (χ0) is 11.5. The van der Waals surface area contributed by atoms with Crippen molar-refractivity contribution in [3.8, 4) is 0 Å². The SMILES string of the molecule is CC(N)CCNc1ccc2[nH]c(=O)[nH]c2c1. The average molecular weight is 220 g/mol. The maximum absolute atomic E-state index is 11.1. The highest BCUT2D eigenvalue weighted by Crippen LogP contribution is 2.14. The monoisotopic (exact) mass is 220 g/mol. The molecular weight excluding hydrogens is 204 g/mol. The molecule has 0 aliphatic heterocycles. The number of benzene rings is 1. The van der Waals surface area contributed by atoms with Crippen molar-refractivity contribution in [1.29, 1.82) is 0 Å². The van der Waals surface area contributed by atoms with Gasteiger partial charge in [-0.05, 0) is 31.5 Å². The van der Waals surface area contributed by atoms with Gasteiger partial charge in [-0.15, -0.1) is 0 Å². The molecule has 0 aliphatic carbocycles. The van der Waals surface area contributed by atoms with Gasteiger partial charge in [-0.2, -0.15) is 0 Å². The molecule has 0 saturated heterocycles. The summed E-state index contributed by atoms with van der Waals surface area (Å²) in [5.74, 6) is 0. The van der Waals surface area contributed by atoms with Gasteiger partial charge in [0.05, 0.1) is 11.0 Å². The van der Waals surface area contributed by atoms with Gasteiger partial charge >= 0.3 is 5.69 Å². The lowest BCUT2D eigenvalue weighted by Crippen LogP contribution is -2.19. The average Bonchev–Trinajstić information content (AvgIpc) is 2.56. The number of aromatic amines is 2. The zero-order valence-electron chi connectivity index (χ0n) is 9.21. The fraction of sp³-hybridized carbons (Fsp3) is 0.364. The summed E-state index contributed by atoms with van der Waals surface area (Å²) in [4.78, 5) is 16.5. The molecular formula is C11H16N4O. The third-order valence-electron chi connectivity index (χ3n) is 2.44. The third-order valence-corrected chi connectivity index (χ3v) is 2.44. The Morgan fingerprint density at radius 2 is 2.12 bits per heavy atom. The molecule has 0 amide bonds. The molecule has 1 unspecified atom stereocenters. The van der Waals surface area contributed by atoms with Gasteiger partial charge < -0.3 is 21.0 Å². The first kappa shape index (κ1) is 10.8. The second-order valence-corrected chi connectivity index (χ2v) is 4.03. The molecule has 5 N–H and O–H groups in total. The summed E-state index contributed by atoms with van der Waals surface area (Å²) in [6, 6.07) is 5.92. The molecule has 16 heavy (non-hydrogen) atoms. The standard InChI is InChI=1S/C11H16N4O/c1-7(12)4-5-13-8-2-3-9-10(6-8)15-11(16)14-9/h2-3,6-7,13H,4-5,12H2,1H3,(H2,14,15,16). The molecule has 0 bridgehead atoms. The van der Waals surface area contributed by atoms with Crippen molar-refractivity contribution < 1.29 is 0 Å². The van der Waals surface area contributed by atoms with Gasteiger partial charge in [0.15, 0.2) is 0 Å². The quantitative estimate of drug-likeness (QED) is 0.620. The number of anilines is 1. The Morgan fingerprint density at radius 3 is 2.88 bits per heavy atom. The topological polar surface area (TPSA) is 86.7 Å². The molecule has 0 fully saturated rings. The summed E-state index contributed by atoms with van der Waals surface area (Å²) in [5.41, 5.74) is 8.11. The van der Waals surface area contributed by atoms with Crippen LogP contribution in [0.2, 0.25) is 0 Å². The third kappa shape index (κ3) is 2.43. The molecule has 1 aromatic carbocycles. The van der Waals surface area contributed by atoms with Crippen molar-refractivity contribution in [3.63, 3.8) is 0 Å². The number of hydrogen-bond donors (Lipinski definition) is 4. The molecule has 86 valence electrons. The van der Waals surface area contributed by atoms with Gasteiger partial charge in [-0.25, -0.2) is 4.79 Å². The van der Waals surface area contributed by atoms with Crippen molar-refractivity contribution in [1.82, 2.24) is 9.97 Å². The fourth-order valence-corrected chi connectivity index (χ4v) is 1.59. The molecule has 1 aromatic heterocycles. The second kappa shape index (κ2) is 4.40. The van der Waals surface area contributed by atoms with Crippen LogP contribution in [-0.2, 0) is 0 Å². The van der Waals surface area contributed by atoms with E-state index in [-0.39, 0.29) is 11.7 Å². The summed E-state index contributed by atoms with van der Waals surface area (Å²) < 4.78 is 0. The lowest BCUT2D eigenvalue weighted by Gasteiger charge is -2.08. The highest BCUT2D eigenvalue weighted by molar-refractivity contribution is 5.78. The summed E-state index contributed by atoms with van der Waals surface area (Å²) in [5, 5.41) is 3.26. The van der Waals surface area contributed by atoms with E-state index in [0.717, 1.165) is 29.7 Å². The first-order valence-electron chi connectivity index (χ1n) is 5.36.